The van der Waals surface area contributed by atoms with E-state index in [1.165, 1.54) is 56.6 Å². The summed E-state index contributed by atoms with van der Waals surface area (Å²) in [7, 11) is -4.69. The van der Waals surface area contributed by atoms with E-state index in [9.17, 15) is 21.6 Å². The van der Waals surface area contributed by atoms with E-state index in [0.717, 1.165) is 15.4 Å². The number of hydrogen-bond donors (Lipinski definition) is 2. The van der Waals surface area contributed by atoms with Crippen LogP contribution in [0.2, 0.25) is 5.02 Å². The number of hydrogen-bond acceptors (Lipinski definition) is 6. The Morgan fingerprint density at radius 2 is 1.65 bits per heavy atom. The van der Waals surface area contributed by atoms with Crippen molar-refractivity contribution >= 4 is 43.2 Å². The first-order chi connectivity index (χ1) is 17.3. The molecule has 0 aliphatic rings. The van der Waals surface area contributed by atoms with E-state index in [2.05, 4.69) is 10.0 Å². The van der Waals surface area contributed by atoms with Gasteiger partial charge in [0, 0.05) is 19.7 Å². The van der Waals surface area contributed by atoms with Crippen molar-refractivity contribution < 1.29 is 26.4 Å². The predicted molar refractivity (Wildman–Crippen MR) is 143 cm³/mol. The lowest BCUT2D eigenvalue weighted by molar-refractivity contribution is 0.0946. The minimum Gasteiger partial charge on any atom is -0.492 e. The first kappa shape index (κ1) is 28.5. The summed E-state index contributed by atoms with van der Waals surface area (Å²) in [6.07, 6.45) is 0. The largest absolute Gasteiger partial charge is 0.492 e. The Morgan fingerprint density at radius 1 is 0.973 bits per heavy atom. The number of aryl methyl sites for hydroxylation is 1. The third kappa shape index (κ3) is 6.80. The molecule has 3 rings (SSSR count). The van der Waals surface area contributed by atoms with Gasteiger partial charge in [-0.1, -0.05) is 23.7 Å². The highest BCUT2D eigenvalue weighted by molar-refractivity contribution is 7.92. The minimum absolute atomic E-state index is 0.0163. The van der Waals surface area contributed by atoms with Crippen LogP contribution in [-0.2, 0) is 20.0 Å². The van der Waals surface area contributed by atoms with Crippen LogP contribution in [0.4, 0.5) is 5.69 Å². The van der Waals surface area contributed by atoms with Gasteiger partial charge < -0.3 is 10.1 Å². The molecule has 0 bridgehead atoms. The molecule has 0 saturated heterocycles. The quantitative estimate of drug-likeness (QED) is 0.360. The number of carbonyl (C=O) groups excluding carboxylic acids is 1. The molecular formula is C25H28ClN3O6S2. The average molecular weight is 566 g/mol. The van der Waals surface area contributed by atoms with E-state index in [0.29, 0.717) is 11.4 Å². The number of amides is 1. The number of benzene rings is 3. The first-order valence-corrected chi connectivity index (χ1v) is 14.5. The molecule has 0 fully saturated rings. The third-order valence-electron chi connectivity index (χ3n) is 5.59. The lowest BCUT2D eigenvalue weighted by Gasteiger charge is -2.14. The van der Waals surface area contributed by atoms with Crippen LogP contribution in [0.15, 0.2) is 70.5 Å². The van der Waals surface area contributed by atoms with Crippen molar-refractivity contribution in [3.05, 3.63) is 82.4 Å². The van der Waals surface area contributed by atoms with Gasteiger partial charge in [0.25, 0.3) is 15.9 Å². The summed E-state index contributed by atoms with van der Waals surface area (Å²) in [6.45, 7) is 3.92. The smallest absolute Gasteiger partial charge is 0.263 e. The fourth-order valence-electron chi connectivity index (χ4n) is 3.27. The van der Waals surface area contributed by atoms with E-state index >= 15 is 0 Å². The standard InChI is InChI=1S/C25H28ClN3O6S2/c1-17-6-5-7-23(18(17)2)28-36(31,32)24-16-19(8-13-22(24)26)25(30)27-14-15-35-20-9-11-21(12-10-20)37(33,34)29(3)4/h5-13,16,28H,14-15H2,1-4H3,(H,27,30). The normalized spacial score (nSPS) is 11.8. The van der Waals surface area contributed by atoms with Crippen molar-refractivity contribution in [3.8, 4) is 5.75 Å². The molecule has 9 nitrogen and oxygen atoms in total. The highest BCUT2D eigenvalue weighted by Crippen LogP contribution is 2.27. The molecule has 3 aromatic carbocycles. The van der Waals surface area contributed by atoms with E-state index in [-0.39, 0.29) is 33.5 Å². The van der Waals surface area contributed by atoms with Gasteiger partial charge in [0.05, 0.1) is 22.2 Å². The van der Waals surface area contributed by atoms with E-state index in [4.69, 9.17) is 16.3 Å². The zero-order chi connectivity index (χ0) is 27.4. The molecule has 0 unspecified atom stereocenters. The van der Waals surface area contributed by atoms with Crippen LogP contribution in [-0.4, -0.2) is 54.3 Å². The Morgan fingerprint density at radius 3 is 2.30 bits per heavy atom. The second kappa shape index (κ2) is 11.5. The van der Waals surface area contributed by atoms with Gasteiger partial charge in [-0.3, -0.25) is 9.52 Å². The molecule has 3 aromatic rings. The summed E-state index contributed by atoms with van der Waals surface area (Å²) in [5.41, 5.74) is 2.25. The van der Waals surface area contributed by atoms with E-state index in [1.807, 2.05) is 13.0 Å². The Kier molecular flexibility index (Phi) is 8.85. The van der Waals surface area contributed by atoms with Crippen LogP contribution in [0.3, 0.4) is 0 Å². The SMILES string of the molecule is Cc1cccc(NS(=O)(=O)c2cc(C(=O)NCCOc3ccc(S(=O)(=O)N(C)C)cc3)ccc2Cl)c1C. The number of rotatable bonds is 10. The molecule has 198 valence electrons. The zero-order valence-electron chi connectivity index (χ0n) is 20.8. The molecule has 0 saturated carbocycles. The summed E-state index contributed by atoms with van der Waals surface area (Å²) < 4.78 is 59.5. The molecular weight excluding hydrogens is 538 g/mol. The topological polar surface area (TPSA) is 122 Å². The number of carbonyl (C=O) groups is 1. The van der Waals surface area contributed by atoms with Crippen LogP contribution >= 0.6 is 11.6 Å². The van der Waals surface area contributed by atoms with Crippen molar-refractivity contribution in [1.82, 2.24) is 9.62 Å². The molecule has 37 heavy (non-hydrogen) atoms. The number of halogens is 1. The maximum absolute atomic E-state index is 13.0. The third-order valence-corrected chi connectivity index (χ3v) is 9.27. The number of nitrogens with zero attached hydrogens (tertiary/aromatic N) is 1. The molecule has 0 heterocycles. The summed E-state index contributed by atoms with van der Waals surface area (Å²) in [6, 6.07) is 15.2. The van der Waals surface area contributed by atoms with Gasteiger partial charge in [-0.15, -0.1) is 0 Å². The lowest BCUT2D eigenvalue weighted by atomic mass is 10.1. The molecule has 0 spiro atoms. The van der Waals surface area contributed by atoms with Gasteiger partial charge in [-0.2, -0.15) is 0 Å². The van der Waals surface area contributed by atoms with Gasteiger partial charge in [-0.05, 0) is 73.5 Å². The van der Waals surface area contributed by atoms with Crippen molar-refractivity contribution in [2.75, 3.05) is 32.0 Å². The molecule has 0 aliphatic heterocycles. The predicted octanol–water partition coefficient (Wildman–Crippen LogP) is 3.82. The van der Waals surface area contributed by atoms with Crippen molar-refractivity contribution in [3.63, 3.8) is 0 Å². The van der Waals surface area contributed by atoms with Gasteiger partial charge in [0.2, 0.25) is 10.0 Å². The summed E-state index contributed by atoms with van der Waals surface area (Å²) in [5, 5.41) is 2.64. The first-order valence-electron chi connectivity index (χ1n) is 11.1. The van der Waals surface area contributed by atoms with Crippen LogP contribution < -0.4 is 14.8 Å². The second-order valence-corrected chi connectivity index (χ2v) is 12.6. The number of anilines is 1. The lowest BCUT2D eigenvalue weighted by Crippen LogP contribution is -2.28. The van der Waals surface area contributed by atoms with Gasteiger partial charge in [0.15, 0.2) is 0 Å². The maximum Gasteiger partial charge on any atom is 0.263 e. The highest BCUT2D eigenvalue weighted by atomic mass is 35.5. The molecule has 0 aliphatic carbocycles. The van der Waals surface area contributed by atoms with Crippen LogP contribution in [0, 0.1) is 13.8 Å². The molecule has 12 heteroatoms. The summed E-state index contributed by atoms with van der Waals surface area (Å²) in [5.74, 6) is -0.0692. The maximum atomic E-state index is 13.0. The van der Waals surface area contributed by atoms with Gasteiger partial charge in [-0.25, -0.2) is 21.1 Å². The fraction of sp³-hybridized carbons (Fsp3) is 0.240. The Hall–Kier alpha value is -3.12. The van der Waals surface area contributed by atoms with Crippen LogP contribution in [0.25, 0.3) is 0 Å². The Bertz CT molecular complexity index is 1510. The average Bonchev–Trinajstić information content (AvgIpc) is 2.84. The molecule has 0 radical (unpaired) electrons. The van der Waals surface area contributed by atoms with Crippen LogP contribution in [0.5, 0.6) is 5.75 Å². The Balaban J connectivity index is 1.62. The van der Waals surface area contributed by atoms with Crippen LogP contribution in [0.1, 0.15) is 21.5 Å². The second-order valence-electron chi connectivity index (χ2n) is 8.36. The van der Waals surface area contributed by atoms with Gasteiger partial charge >= 0.3 is 0 Å². The number of sulfonamides is 2. The van der Waals surface area contributed by atoms with Crippen molar-refractivity contribution in [1.29, 1.82) is 0 Å². The number of ether oxygens (including phenoxy) is 1. The van der Waals surface area contributed by atoms with E-state index in [1.54, 1.807) is 19.1 Å². The molecule has 0 atom stereocenters. The summed E-state index contributed by atoms with van der Waals surface area (Å²) >= 11 is 6.16. The molecule has 0 aromatic heterocycles. The van der Waals surface area contributed by atoms with Gasteiger partial charge in [0.1, 0.15) is 17.3 Å². The van der Waals surface area contributed by atoms with Crippen molar-refractivity contribution in [2.45, 2.75) is 23.6 Å². The minimum atomic E-state index is -4.05. The van der Waals surface area contributed by atoms with Crippen molar-refractivity contribution in [2.24, 2.45) is 0 Å². The zero-order valence-corrected chi connectivity index (χ0v) is 23.2. The molecule has 1 amide bonds. The van der Waals surface area contributed by atoms with E-state index < -0.39 is 26.0 Å². The summed E-state index contributed by atoms with van der Waals surface area (Å²) in [4.78, 5) is 12.5. The fourth-order valence-corrected chi connectivity index (χ4v) is 5.82. The Labute approximate surface area is 222 Å². The monoisotopic (exact) mass is 565 g/mol. The highest BCUT2D eigenvalue weighted by Gasteiger charge is 2.21. The molecule has 2 N–H and O–H groups in total. The number of nitrogens with one attached hydrogen (secondary N) is 2.